The Morgan fingerprint density at radius 3 is 2.86 bits per heavy atom. The number of nitrogen functional groups attached to an aromatic ring is 1. The molecule has 0 fully saturated rings. The van der Waals surface area contributed by atoms with Gasteiger partial charge in [0.2, 0.25) is 0 Å². The molecule has 0 spiro atoms. The largest absolute Gasteiger partial charge is 0.391 e. The average molecular weight is 322 g/mol. The summed E-state index contributed by atoms with van der Waals surface area (Å²) in [7, 11) is 0. The fourth-order valence-corrected chi connectivity index (χ4v) is 4.08. The smallest absolute Gasteiger partial charge is 0.150 e. The summed E-state index contributed by atoms with van der Waals surface area (Å²) in [6, 6.07) is 5.12. The highest BCUT2D eigenvalue weighted by Crippen LogP contribution is 2.34. The summed E-state index contributed by atoms with van der Waals surface area (Å²) in [5, 5.41) is 6.63. The predicted octanol–water partition coefficient (Wildman–Crippen LogP) is 4.34. The minimum Gasteiger partial charge on any atom is -0.391 e. The zero-order chi connectivity index (χ0) is 14.6. The van der Waals surface area contributed by atoms with Crippen LogP contribution in [-0.2, 0) is 12.8 Å². The van der Waals surface area contributed by atoms with Crippen molar-refractivity contribution in [3.8, 4) is 5.69 Å². The van der Waals surface area contributed by atoms with E-state index in [1.807, 2.05) is 6.07 Å². The molecule has 1 aliphatic rings. The van der Waals surface area contributed by atoms with Gasteiger partial charge in [-0.25, -0.2) is 9.07 Å². The maximum absolute atomic E-state index is 14.4. The molecule has 0 saturated carbocycles. The van der Waals surface area contributed by atoms with Crippen molar-refractivity contribution in [1.82, 2.24) is 9.78 Å². The second-order valence-electron chi connectivity index (χ2n) is 5.33. The van der Waals surface area contributed by atoms with E-state index in [2.05, 4.69) is 5.10 Å². The van der Waals surface area contributed by atoms with Crippen LogP contribution in [0.1, 0.15) is 24.1 Å². The van der Waals surface area contributed by atoms with Gasteiger partial charge < -0.3 is 5.73 Å². The van der Waals surface area contributed by atoms with Crippen molar-refractivity contribution < 1.29 is 4.39 Å². The fraction of sp³-hybridized carbons (Fsp3) is 0.267. The molecule has 6 heteroatoms. The van der Waals surface area contributed by atoms with Crippen LogP contribution in [0.2, 0.25) is 5.15 Å². The molecule has 1 aromatic carbocycles. The molecule has 4 rings (SSSR count). The summed E-state index contributed by atoms with van der Waals surface area (Å²) in [4.78, 5) is 0. The van der Waals surface area contributed by atoms with E-state index in [-0.39, 0.29) is 5.82 Å². The van der Waals surface area contributed by atoms with Crippen LogP contribution in [0.15, 0.2) is 18.2 Å². The molecule has 0 saturated heterocycles. The summed E-state index contributed by atoms with van der Waals surface area (Å²) >= 11 is 7.79. The molecule has 2 N–H and O–H groups in total. The monoisotopic (exact) mass is 321 g/mol. The van der Waals surface area contributed by atoms with Crippen LogP contribution in [-0.4, -0.2) is 9.78 Å². The summed E-state index contributed by atoms with van der Waals surface area (Å²) in [5.74, 6) is -0.328. The highest BCUT2D eigenvalue weighted by Gasteiger charge is 2.22. The number of nitrogens with two attached hydrogens (primary N) is 1. The SMILES string of the molecule is Nc1cc2cc(-n3nc4c(c3Cl)CCCC4)c(F)cc2s1. The number of halogens is 2. The third-order valence-corrected chi connectivity index (χ3v) is 5.24. The minimum absolute atomic E-state index is 0.328. The van der Waals surface area contributed by atoms with Crippen molar-refractivity contribution in [3.63, 3.8) is 0 Å². The minimum atomic E-state index is -0.328. The van der Waals surface area contributed by atoms with E-state index in [1.54, 1.807) is 6.07 Å². The molecule has 0 amide bonds. The first-order valence-corrected chi connectivity index (χ1v) is 8.08. The molecule has 1 aliphatic carbocycles. The van der Waals surface area contributed by atoms with Gasteiger partial charge in [-0.15, -0.1) is 11.3 Å². The Labute approximate surface area is 130 Å². The van der Waals surface area contributed by atoms with Crippen LogP contribution in [0.5, 0.6) is 0 Å². The zero-order valence-electron chi connectivity index (χ0n) is 11.2. The maximum atomic E-state index is 14.4. The Morgan fingerprint density at radius 2 is 2.05 bits per heavy atom. The van der Waals surface area contributed by atoms with Crippen LogP contribution in [0, 0.1) is 5.82 Å². The lowest BCUT2D eigenvalue weighted by Crippen LogP contribution is -2.01. The van der Waals surface area contributed by atoms with Crippen molar-refractivity contribution in [3.05, 3.63) is 40.4 Å². The number of rotatable bonds is 1. The first-order chi connectivity index (χ1) is 10.1. The summed E-state index contributed by atoms with van der Waals surface area (Å²) in [5.41, 5.74) is 8.23. The molecular weight excluding hydrogens is 309 g/mol. The average Bonchev–Trinajstić information content (AvgIpc) is 2.98. The van der Waals surface area contributed by atoms with Crippen LogP contribution in [0.25, 0.3) is 15.8 Å². The van der Waals surface area contributed by atoms with Gasteiger partial charge in [0.05, 0.1) is 10.7 Å². The van der Waals surface area contributed by atoms with Crippen molar-refractivity contribution >= 4 is 38.0 Å². The molecule has 2 aromatic heterocycles. The molecule has 0 bridgehead atoms. The summed E-state index contributed by atoms with van der Waals surface area (Å²) in [6.45, 7) is 0. The van der Waals surface area contributed by atoms with E-state index in [0.717, 1.165) is 47.0 Å². The molecule has 0 radical (unpaired) electrons. The van der Waals surface area contributed by atoms with Crippen LogP contribution < -0.4 is 5.73 Å². The van der Waals surface area contributed by atoms with Crippen molar-refractivity contribution in [1.29, 1.82) is 0 Å². The van der Waals surface area contributed by atoms with Crippen molar-refractivity contribution in [2.24, 2.45) is 0 Å². The van der Waals surface area contributed by atoms with Crippen molar-refractivity contribution in [2.75, 3.05) is 5.73 Å². The molecule has 0 atom stereocenters. The van der Waals surface area contributed by atoms with Crippen LogP contribution >= 0.6 is 22.9 Å². The third kappa shape index (κ3) is 2.03. The highest BCUT2D eigenvalue weighted by molar-refractivity contribution is 7.22. The lowest BCUT2D eigenvalue weighted by Gasteiger charge is -2.08. The Morgan fingerprint density at radius 1 is 1.24 bits per heavy atom. The molecular formula is C15H13ClFN3S. The summed E-state index contributed by atoms with van der Waals surface area (Å²) < 4.78 is 16.8. The highest BCUT2D eigenvalue weighted by atomic mass is 35.5. The van der Waals surface area contributed by atoms with E-state index in [1.165, 1.54) is 22.1 Å². The van der Waals surface area contributed by atoms with Gasteiger partial charge in [0, 0.05) is 10.3 Å². The number of anilines is 1. The maximum Gasteiger partial charge on any atom is 0.150 e. The van der Waals surface area contributed by atoms with Gasteiger partial charge in [0.1, 0.15) is 16.7 Å². The Balaban J connectivity index is 1.93. The normalized spacial score (nSPS) is 14.6. The number of hydrogen-bond donors (Lipinski definition) is 1. The Kier molecular flexibility index (Phi) is 2.94. The standard InChI is InChI=1S/C15H13ClFN3S/c16-15-9-3-1-2-4-11(9)19-20(15)12-5-8-6-14(18)21-13(8)7-10(12)17/h5-7H,1-4,18H2. The lowest BCUT2D eigenvalue weighted by atomic mass is 9.99. The number of nitrogens with zero attached hydrogens (tertiary/aromatic N) is 2. The van der Waals surface area contributed by atoms with Gasteiger partial charge in [-0.3, -0.25) is 0 Å². The fourth-order valence-electron chi connectivity index (χ4n) is 2.91. The van der Waals surface area contributed by atoms with Crippen molar-refractivity contribution in [2.45, 2.75) is 25.7 Å². The number of benzene rings is 1. The van der Waals surface area contributed by atoms with Gasteiger partial charge >= 0.3 is 0 Å². The lowest BCUT2D eigenvalue weighted by molar-refractivity contribution is 0.611. The quantitative estimate of drug-likeness (QED) is 0.724. The predicted molar refractivity (Wildman–Crippen MR) is 85.0 cm³/mol. The third-order valence-electron chi connectivity index (χ3n) is 3.93. The van der Waals surface area contributed by atoms with E-state index in [4.69, 9.17) is 17.3 Å². The Bertz CT molecular complexity index is 852. The Hall–Kier alpha value is -1.59. The van der Waals surface area contributed by atoms with Gasteiger partial charge in [0.15, 0.2) is 0 Å². The van der Waals surface area contributed by atoms with Gasteiger partial charge in [-0.2, -0.15) is 5.10 Å². The van der Waals surface area contributed by atoms with Crippen LogP contribution in [0.3, 0.4) is 0 Å². The first kappa shape index (κ1) is 13.1. The van der Waals surface area contributed by atoms with Gasteiger partial charge in [-0.1, -0.05) is 11.6 Å². The number of fused-ring (bicyclic) bond motifs is 2. The van der Waals surface area contributed by atoms with Gasteiger partial charge in [0.25, 0.3) is 0 Å². The number of aryl methyl sites for hydroxylation is 1. The number of thiophene rings is 1. The molecule has 2 heterocycles. The molecule has 108 valence electrons. The molecule has 3 aromatic rings. The second kappa shape index (κ2) is 4.71. The zero-order valence-corrected chi connectivity index (χ0v) is 12.8. The number of hydrogen-bond acceptors (Lipinski definition) is 3. The van der Waals surface area contributed by atoms with Crippen LogP contribution in [0.4, 0.5) is 9.39 Å². The second-order valence-corrected chi connectivity index (χ2v) is 6.80. The number of aromatic nitrogens is 2. The summed E-state index contributed by atoms with van der Waals surface area (Å²) in [6.07, 6.45) is 4.06. The van der Waals surface area contributed by atoms with E-state index in [0.29, 0.717) is 15.8 Å². The molecule has 0 aliphatic heterocycles. The first-order valence-electron chi connectivity index (χ1n) is 6.88. The van der Waals surface area contributed by atoms with Gasteiger partial charge in [-0.05, 0) is 49.3 Å². The molecule has 3 nitrogen and oxygen atoms in total. The van der Waals surface area contributed by atoms with E-state index >= 15 is 0 Å². The molecule has 0 unspecified atom stereocenters. The van der Waals surface area contributed by atoms with E-state index < -0.39 is 0 Å². The van der Waals surface area contributed by atoms with E-state index in [9.17, 15) is 4.39 Å². The topological polar surface area (TPSA) is 43.8 Å². The molecule has 21 heavy (non-hydrogen) atoms.